The SMILES string of the molecule is CC(C)C(Cl)Cc1ccncn1. The molecule has 0 fully saturated rings. The van der Waals surface area contributed by atoms with Gasteiger partial charge in [-0.15, -0.1) is 11.6 Å². The molecule has 0 bridgehead atoms. The van der Waals surface area contributed by atoms with Crippen LogP contribution in [0.3, 0.4) is 0 Å². The first kappa shape index (κ1) is 9.46. The summed E-state index contributed by atoms with van der Waals surface area (Å²) in [6.07, 6.45) is 4.12. The van der Waals surface area contributed by atoms with Crippen LogP contribution in [-0.4, -0.2) is 15.3 Å². The fourth-order valence-electron chi connectivity index (χ4n) is 0.874. The van der Waals surface area contributed by atoms with Crippen molar-refractivity contribution in [2.45, 2.75) is 25.6 Å². The summed E-state index contributed by atoms with van der Waals surface area (Å²) in [4.78, 5) is 7.95. The Balaban J connectivity index is 2.53. The second-order valence-corrected chi connectivity index (χ2v) is 3.73. The lowest BCUT2D eigenvalue weighted by atomic mass is 10.1. The summed E-state index contributed by atoms with van der Waals surface area (Å²) in [5.41, 5.74) is 1.01. The molecular weight excluding hydrogens is 172 g/mol. The van der Waals surface area contributed by atoms with Crippen molar-refractivity contribution in [2.75, 3.05) is 0 Å². The third-order valence-corrected chi connectivity index (χ3v) is 2.43. The van der Waals surface area contributed by atoms with Gasteiger partial charge in [0.2, 0.25) is 0 Å². The molecule has 66 valence electrons. The molecule has 1 rings (SSSR count). The van der Waals surface area contributed by atoms with E-state index in [0.29, 0.717) is 5.92 Å². The largest absolute Gasteiger partial charge is 0.245 e. The van der Waals surface area contributed by atoms with Gasteiger partial charge in [0.25, 0.3) is 0 Å². The van der Waals surface area contributed by atoms with Gasteiger partial charge >= 0.3 is 0 Å². The molecule has 0 saturated heterocycles. The van der Waals surface area contributed by atoms with Crippen molar-refractivity contribution in [2.24, 2.45) is 5.92 Å². The van der Waals surface area contributed by atoms with E-state index in [9.17, 15) is 0 Å². The summed E-state index contributed by atoms with van der Waals surface area (Å²) in [6, 6.07) is 1.90. The van der Waals surface area contributed by atoms with Gasteiger partial charge in [-0.05, 0) is 12.0 Å². The topological polar surface area (TPSA) is 25.8 Å². The minimum absolute atomic E-state index is 0.167. The molecule has 1 heterocycles. The van der Waals surface area contributed by atoms with Gasteiger partial charge in [0.1, 0.15) is 6.33 Å². The average molecular weight is 185 g/mol. The highest BCUT2D eigenvalue weighted by atomic mass is 35.5. The zero-order chi connectivity index (χ0) is 8.97. The molecule has 1 aromatic heterocycles. The monoisotopic (exact) mass is 184 g/mol. The zero-order valence-electron chi connectivity index (χ0n) is 7.37. The molecule has 0 amide bonds. The molecule has 12 heavy (non-hydrogen) atoms. The summed E-state index contributed by atoms with van der Waals surface area (Å²) < 4.78 is 0. The van der Waals surface area contributed by atoms with Crippen molar-refractivity contribution in [3.8, 4) is 0 Å². The molecule has 0 saturated carbocycles. The fourth-order valence-corrected chi connectivity index (χ4v) is 1.03. The maximum absolute atomic E-state index is 6.09. The highest BCUT2D eigenvalue weighted by molar-refractivity contribution is 6.20. The van der Waals surface area contributed by atoms with Gasteiger partial charge in [0, 0.05) is 23.7 Å². The molecule has 2 nitrogen and oxygen atoms in total. The molecule has 0 radical (unpaired) electrons. The van der Waals surface area contributed by atoms with Crippen molar-refractivity contribution in [3.63, 3.8) is 0 Å². The minimum Gasteiger partial charge on any atom is -0.245 e. The first-order valence-electron chi connectivity index (χ1n) is 4.09. The van der Waals surface area contributed by atoms with E-state index in [1.807, 2.05) is 6.07 Å². The molecule has 1 aromatic rings. The van der Waals surface area contributed by atoms with Crippen LogP contribution in [0.15, 0.2) is 18.6 Å². The first-order valence-corrected chi connectivity index (χ1v) is 4.52. The van der Waals surface area contributed by atoms with Gasteiger partial charge in [0.05, 0.1) is 0 Å². The van der Waals surface area contributed by atoms with Crippen LogP contribution in [0, 0.1) is 5.92 Å². The lowest BCUT2D eigenvalue weighted by Gasteiger charge is -2.11. The van der Waals surface area contributed by atoms with Crippen LogP contribution in [0.1, 0.15) is 19.5 Å². The summed E-state index contributed by atoms with van der Waals surface area (Å²) in [6.45, 7) is 4.22. The second-order valence-electron chi connectivity index (χ2n) is 3.16. The summed E-state index contributed by atoms with van der Waals surface area (Å²) in [7, 11) is 0. The molecule has 0 aromatic carbocycles. The van der Waals surface area contributed by atoms with Crippen molar-refractivity contribution in [1.82, 2.24) is 9.97 Å². The van der Waals surface area contributed by atoms with Crippen LogP contribution < -0.4 is 0 Å². The highest BCUT2D eigenvalue weighted by Gasteiger charge is 2.10. The third kappa shape index (κ3) is 2.78. The van der Waals surface area contributed by atoms with E-state index in [1.165, 1.54) is 0 Å². The van der Waals surface area contributed by atoms with E-state index in [-0.39, 0.29) is 5.38 Å². The molecule has 0 N–H and O–H groups in total. The van der Waals surface area contributed by atoms with E-state index >= 15 is 0 Å². The predicted octanol–water partition coefficient (Wildman–Crippen LogP) is 2.28. The lowest BCUT2D eigenvalue weighted by molar-refractivity contribution is 0.590. The number of hydrogen-bond donors (Lipinski definition) is 0. The smallest absolute Gasteiger partial charge is 0.115 e. The van der Waals surface area contributed by atoms with E-state index in [0.717, 1.165) is 12.1 Å². The Bertz CT molecular complexity index is 223. The van der Waals surface area contributed by atoms with Gasteiger partial charge in [-0.1, -0.05) is 13.8 Å². The van der Waals surface area contributed by atoms with Crippen LogP contribution in [0.5, 0.6) is 0 Å². The molecule has 0 aliphatic heterocycles. The summed E-state index contributed by atoms with van der Waals surface area (Å²) in [5.74, 6) is 0.488. The van der Waals surface area contributed by atoms with Crippen molar-refractivity contribution in [3.05, 3.63) is 24.3 Å². The molecule has 0 spiro atoms. The predicted molar refractivity (Wildman–Crippen MR) is 50.2 cm³/mol. The summed E-state index contributed by atoms with van der Waals surface area (Å²) in [5, 5.41) is 0.167. The second kappa shape index (κ2) is 4.41. The molecule has 1 atom stereocenters. The van der Waals surface area contributed by atoms with Crippen molar-refractivity contribution in [1.29, 1.82) is 0 Å². The average Bonchev–Trinajstić information content (AvgIpc) is 2.06. The fraction of sp³-hybridized carbons (Fsp3) is 0.556. The zero-order valence-corrected chi connectivity index (χ0v) is 8.12. The van der Waals surface area contributed by atoms with E-state index in [1.54, 1.807) is 12.5 Å². The van der Waals surface area contributed by atoms with Gasteiger partial charge in [-0.3, -0.25) is 0 Å². The molecule has 0 aliphatic rings. The molecule has 1 unspecified atom stereocenters. The van der Waals surface area contributed by atoms with Crippen molar-refractivity contribution < 1.29 is 0 Å². The Hall–Kier alpha value is -0.630. The van der Waals surface area contributed by atoms with Crippen LogP contribution in [0.4, 0.5) is 0 Å². The summed E-state index contributed by atoms with van der Waals surface area (Å²) >= 11 is 6.09. The number of nitrogens with zero attached hydrogens (tertiary/aromatic N) is 2. The number of alkyl halides is 1. The van der Waals surface area contributed by atoms with Gasteiger partial charge in [-0.25, -0.2) is 9.97 Å². The Morgan fingerprint density at radius 2 is 2.25 bits per heavy atom. The normalized spacial score (nSPS) is 13.3. The van der Waals surface area contributed by atoms with Gasteiger partial charge in [0.15, 0.2) is 0 Å². The van der Waals surface area contributed by atoms with E-state index < -0.39 is 0 Å². The highest BCUT2D eigenvalue weighted by Crippen LogP contribution is 2.13. The molecular formula is C9H13ClN2. The maximum Gasteiger partial charge on any atom is 0.115 e. The maximum atomic E-state index is 6.09. The number of halogens is 1. The Labute approximate surface area is 78.0 Å². The van der Waals surface area contributed by atoms with E-state index in [4.69, 9.17) is 11.6 Å². The molecule has 3 heteroatoms. The minimum atomic E-state index is 0.167. The Morgan fingerprint density at radius 1 is 1.50 bits per heavy atom. The lowest BCUT2D eigenvalue weighted by Crippen LogP contribution is -2.11. The number of aromatic nitrogens is 2. The van der Waals surface area contributed by atoms with Crippen LogP contribution in [0.2, 0.25) is 0 Å². The third-order valence-electron chi connectivity index (χ3n) is 1.77. The van der Waals surface area contributed by atoms with E-state index in [2.05, 4.69) is 23.8 Å². The molecule has 0 aliphatic carbocycles. The number of hydrogen-bond acceptors (Lipinski definition) is 2. The van der Waals surface area contributed by atoms with Crippen LogP contribution >= 0.6 is 11.6 Å². The van der Waals surface area contributed by atoms with Crippen LogP contribution in [-0.2, 0) is 6.42 Å². The van der Waals surface area contributed by atoms with Gasteiger partial charge in [-0.2, -0.15) is 0 Å². The Morgan fingerprint density at radius 3 is 2.75 bits per heavy atom. The standard InChI is InChI=1S/C9H13ClN2/c1-7(2)9(10)5-8-3-4-11-6-12-8/h3-4,6-7,9H,5H2,1-2H3. The first-order chi connectivity index (χ1) is 5.70. The Kier molecular flexibility index (Phi) is 3.48. The van der Waals surface area contributed by atoms with Gasteiger partial charge < -0.3 is 0 Å². The van der Waals surface area contributed by atoms with Crippen LogP contribution in [0.25, 0.3) is 0 Å². The quantitative estimate of drug-likeness (QED) is 0.674. The number of rotatable bonds is 3. The van der Waals surface area contributed by atoms with Crippen molar-refractivity contribution >= 4 is 11.6 Å².